The first-order valence-electron chi connectivity index (χ1n) is 7.84. The van der Waals surface area contributed by atoms with E-state index in [0.717, 1.165) is 16.7 Å². The van der Waals surface area contributed by atoms with E-state index in [1.54, 1.807) is 0 Å². The van der Waals surface area contributed by atoms with Crippen molar-refractivity contribution in [3.05, 3.63) is 28.8 Å². The minimum Gasteiger partial charge on any atom is -0.507 e. The molecule has 1 aromatic carbocycles. The molecule has 1 N–H and O–H groups in total. The van der Waals surface area contributed by atoms with Crippen LogP contribution in [-0.2, 0) is 31.8 Å². The number of phenolic OH excluding ortho intramolecular Hbond substituents is 1. The lowest BCUT2D eigenvalue weighted by Gasteiger charge is -2.28. The summed E-state index contributed by atoms with van der Waals surface area (Å²) in [6.07, 6.45) is -0.212. The minimum atomic E-state index is -0.528. The molecule has 4 nitrogen and oxygen atoms in total. The predicted molar refractivity (Wildman–Crippen MR) is 90.6 cm³/mol. The number of Topliss-reactive ketones (excluding diaryl/α,β-unsaturated/α-hetero) is 1. The molecule has 23 heavy (non-hydrogen) atoms. The van der Waals surface area contributed by atoms with Crippen LogP contribution in [0.1, 0.15) is 71.6 Å². The Hall–Kier alpha value is -1.84. The predicted octanol–water partition coefficient (Wildman–Crippen LogP) is 4.01. The van der Waals surface area contributed by atoms with Crippen molar-refractivity contribution in [1.82, 2.24) is 0 Å². The van der Waals surface area contributed by atoms with E-state index in [1.807, 2.05) is 53.7 Å². The molecule has 0 aliphatic heterocycles. The van der Waals surface area contributed by atoms with Gasteiger partial charge in [-0.3, -0.25) is 9.59 Å². The van der Waals surface area contributed by atoms with Crippen molar-refractivity contribution in [2.24, 2.45) is 0 Å². The molecule has 0 amide bonds. The van der Waals surface area contributed by atoms with E-state index in [2.05, 4.69) is 0 Å². The zero-order valence-electron chi connectivity index (χ0n) is 15.2. The maximum absolute atomic E-state index is 11.6. The Labute approximate surface area is 138 Å². The molecule has 0 saturated carbocycles. The van der Waals surface area contributed by atoms with E-state index in [9.17, 15) is 14.7 Å². The fourth-order valence-corrected chi connectivity index (χ4v) is 2.34. The van der Waals surface area contributed by atoms with Crippen molar-refractivity contribution in [2.45, 2.75) is 72.3 Å². The lowest BCUT2D eigenvalue weighted by molar-refractivity contribution is -0.146. The van der Waals surface area contributed by atoms with Gasteiger partial charge in [0.15, 0.2) is 0 Å². The van der Waals surface area contributed by atoms with Crippen LogP contribution in [0.15, 0.2) is 12.1 Å². The van der Waals surface area contributed by atoms with Crippen LogP contribution in [0.5, 0.6) is 5.75 Å². The SMILES string of the molecule is CC(=O)CC(=O)OCc1cc(C(C)(C)C)c(O)c(C(C)(C)C)c1. The summed E-state index contributed by atoms with van der Waals surface area (Å²) in [6, 6.07) is 3.73. The van der Waals surface area contributed by atoms with Gasteiger partial charge in [0.25, 0.3) is 0 Å². The van der Waals surface area contributed by atoms with Gasteiger partial charge in [-0.05, 0) is 46.6 Å². The number of carbonyl (C=O) groups excluding carboxylic acids is 2. The second-order valence-electron chi connectivity index (χ2n) is 8.08. The first kappa shape index (κ1) is 19.2. The number of phenols is 1. The van der Waals surface area contributed by atoms with Gasteiger partial charge in [-0.25, -0.2) is 0 Å². The summed E-state index contributed by atoms with van der Waals surface area (Å²) in [6.45, 7) is 13.6. The first-order valence-corrected chi connectivity index (χ1v) is 7.84. The molecular weight excluding hydrogens is 292 g/mol. The fraction of sp³-hybridized carbons (Fsp3) is 0.579. The Morgan fingerprint density at radius 1 is 1.00 bits per heavy atom. The molecule has 0 saturated heterocycles. The average molecular weight is 320 g/mol. The van der Waals surface area contributed by atoms with Crippen molar-refractivity contribution in [2.75, 3.05) is 0 Å². The third-order valence-corrected chi connectivity index (χ3v) is 3.58. The molecule has 0 fully saturated rings. The summed E-state index contributed by atoms with van der Waals surface area (Å²) in [5.41, 5.74) is 1.99. The summed E-state index contributed by atoms with van der Waals surface area (Å²) in [5, 5.41) is 10.6. The molecule has 128 valence electrons. The van der Waals surface area contributed by atoms with Crippen LogP contribution >= 0.6 is 0 Å². The summed E-state index contributed by atoms with van der Waals surface area (Å²) in [4.78, 5) is 22.5. The number of hydrogen-bond acceptors (Lipinski definition) is 4. The van der Waals surface area contributed by atoms with Crippen LogP contribution in [0.4, 0.5) is 0 Å². The summed E-state index contributed by atoms with van der Waals surface area (Å²) in [5.74, 6) is -0.449. The lowest BCUT2D eigenvalue weighted by atomic mass is 9.78. The second kappa shape index (κ2) is 6.73. The van der Waals surface area contributed by atoms with Crippen LogP contribution in [0.25, 0.3) is 0 Å². The molecule has 0 unspecified atom stereocenters. The third kappa shape index (κ3) is 5.38. The molecule has 0 heterocycles. The molecule has 0 spiro atoms. The van der Waals surface area contributed by atoms with Crippen LogP contribution < -0.4 is 0 Å². The fourth-order valence-electron chi connectivity index (χ4n) is 2.34. The zero-order valence-corrected chi connectivity index (χ0v) is 15.2. The van der Waals surface area contributed by atoms with Gasteiger partial charge in [0, 0.05) is 0 Å². The Balaban J connectivity index is 3.18. The monoisotopic (exact) mass is 320 g/mol. The van der Waals surface area contributed by atoms with Crippen LogP contribution in [-0.4, -0.2) is 16.9 Å². The Kier molecular flexibility index (Phi) is 5.62. The number of benzene rings is 1. The quantitative estimate of drug-likeness (QED) is 0.672. The second-order valence-corrected chi connectivity index (χ2v) is 8.08. The smallest absolute Gasteiger partial charge is 0.313 e. The highest BCUT2D eigenvalue weighted by molar-refractivity contribution is 5.94. The Morgan fingerprint density at radius 3 is 1.78 bits per heavy atom. The summed E-state index contributed by atoms with van der Waals surface area (Å²) >= 11 is 0. The van der Waals surface area contributed by atoms with Gasteiger partial charge in [-0.15, -0.1) is 0 Å². The van der Waals surface area contributed by atoms with Gasteiger partial charge in [-0.1, -0.05) is 41.5 Å². The maximum atomic E-state index is 11.6. The van der Waals surface area contributed by atoms with E-state index in [-0.39, 0.29) is 29.6 Å². The van der Waals surface area contributed by atoms with Crippen molar-refractivity contribution < 1.29 is 19.4 Å². The molecule has 1 rings (SSSR count). The lowest BCUT2D eigenvalue weighted by Crippen LogP contribution is -2.18. The number of ether oxygens (including phenoxy) is 1. The molecular formula is C19H28O4. The normalized spacial score (nSPS) is 12.1. The van der Waals surface area contributed by atoms with Crippen molar-refractivity contribution in [1.29, 1.82) is 0 Å². The van der Waals surface area contributed by atoms with Crippen molar-refractivity contribution in [3.63, 3.8) is 0 Å². The first-order chi connectivity index (χ1) is 10.3. The largest absolute Gasteiger partial charge is 0.507 e. The van der Waals surface area contributed by atoms with Gasteiger partial charge in [-0.2, -0.15) is 0 Å². The molecule has 1 aromatic rings. The van der Waals surface area contributed by atoms with Gasteiger partial charge >= 0.3 is 5.97 Å². The standard InChI is InChI=1S/C19H28O4/c1-12(20)8-16(21)23-11-13-9-14(18(2,3)4)17(22)15(10-13)19(5,6)7/h9-10,22H,8,11H2,1-7H3. The molecule has 0 aromatic heterocycles. The van der Waals surface area contributed by atoms with Crippen molar-refractivity contribution >= 4 is 11.8 Å². The highest BCUT2D eigenvalue weighted by Crippen LogP contribution is 2.39. The van der Waals surface area contributed by atoms with E-state index >= 15 is 0 Å². The van der Waals surface area contributed by atoms with E-state index < -0.39 is 5.97 Å². The highest BCUT2D eigenvalue weighted by Gasteiger charge is 2.26. The number of aromatic hydroxyl groups is 1. The number of hydrogen-bond donors (Lipinski definition) is 1. The minimum absolute atomic E-state index is 0.0958. The molecule has 4 heteroatoms. The molecule has 0 bridgehead atoms. The van der Waals surface area contributed by atoms with Gasteiger partial charge < -0.3 is 9.84 Å². The average Bonchev–Trinajstić information content (AvgIpc) is 2.33. The summed E-state index contributed by atoms with van der Waals surface area (Å²) < 4.78 is 5.17. The third-order valence-electron chi connectivity index (χ3n) is 3.58. The van der Waals surface area contributed by atoms with Gasteiger partial charge in [0.2, 0.25) is 0 Å². The van der Waals surface area contributed by atoms with E-state index in [1.165, 1.54) is 6.92 Å². The number of ketones is 1. The maximum Gasteiger partial charge on any atom is 0.313 e. The van der Waals surface area contributed by atoms with Gasteiger partial charge in [0.05, 0.1) is 0 Å². The Morgan fingerprint density at radius 2 is 1.43 bits per heavy atom. The van der Waals surface area contributed by atoms with Gasteiger partial charge in [0.1, 0.15) is 24.6 Å². The number of rotatable bonds is 4. The molecule has 0 atom stereocenters. The van der Waals surface area contributed by atoms with E-state index in [0.29, 0.717) is 5.75 Å². The van der Waals surface area contributed by atoms with Crippen LogP contribution in [0.2, 0.25) is 0 Å². The molecule has 0 radical (unpaired) electrons. The highest BCUT2D eigenvalue weighted by atomic mass is 16.5. The zero-order chi connectivity index (χ0) is 18.0. The summed E-state index contributed by atoms with van der Waals surface area (Å²) in [7, 11) is 0. The number of carbonyl (C=O) groups is 2. The van der Waals surface area contributed by atoms with Crippen LogP contribution in [0, 0.1) is 0 Å². The van der Waals surface area contributed by atoms with E-state index in [4.69, 9.17) is 4.74 Å². The molecule has 0 aliphatic rings. The van der Waals surface area contributed by atoms with Crippen LogP contribution in [0.3, 0.4) is 0 Å². The Bertz CT molecular complexity index is 566. The molecule has 0 aliphatic carbocycles. The topological polar surface area (TPSA) is 63.6 Å². The van der Waals surface area contributed by atoms with Crippen molar-refractivity contribution in [3.8, 4) is 5.75 Å². The number of esters is 1.